The summed E-state index contributed by atoms with van der Waals surface area (Å²) in [7, 11) is 3.90. The number of hydrogen-bond donors (Lipinski definition) is 2. The monoisotopic (exact) mass is 501 g/mol. The average molecular weight is 501 g/mol. The summed E-state index contributed by atoms with van der Waals surface area (Å²) in [4.78, 5) is 4.54. The van der Waals surface area contributed by atoms with Gasteiger partial charge in [-0.25, -0.2) is 0 Å². The molecule has 0 aromatic carbocycles. The minimum absolute atomic E-state index is 0. The van der Waals surface area contributed by atoms with Crippen molar-refractivity contribution in [2.24, 2.45) is 23.4 Å². The Kier molecular flexibility index (Phi) is 6.64. The molecule has 158 valence electrons. The summed E-state index contributed by atoms with van der Waals surface area (Å²) in [5.41, 5.74) is 4.06. The Morgan fingerprint density at radius 2 is 2.07 bits per heavy atom. The average Bonchev–Trinajstić information content (AvgIpc) is 3.34. The molecule has 4 atom stereocenters. The van der Waals surface area contributed by atoms with E-state index in [1.165, 1.54) is 43.4 Å². The first-order chi connectivity index (χ1) is 13.0. The van der Waals surface area contributed by atoms with Gasteiger partial charge in [-0.3, -0.25) is 9.67 Å². The lowest BCUT2D eigenvalue weighted by molar-refractivity contribution is -0.125. The summed E-state index contributed by atoms with van der Waals surface area (Å²) in [6.45, 7) is 7.40. The SMILES string of the molecule is CN=C(NC(C)Cc1c(C)nn(C)c1C)NC1C2CCOC2C12CCCC2.I. The molecule has 28 heavy (non-hydrogen) atoms. The number of aryl methyl sites for hydroxylation is 2. The van der Waals surface area contributed by atoms with Crippen molar-refractivity contribution in [3.63, 3.8) is 0 Å². The number of nitrogens with one attached hydrogen (secondary N) is 2. The molecule has 3 fully saturated rings. The lowest BCUT2D eigenvalue weighted by Gasteiger charge is -2.57. The van der Waals surface area contributed by atoms with Gasteiger partial charge in [0.25, 0.3) is 0 Å². The lowest BCUT2D eigenvalue weighted by atomic mass is 9.54. The highest BCUT2D eigenvalue weighted by atomic mass is 127. The molecule has 1 spiro atoms. The van der Waals surface area contributed by atoms with Gasteiger partial charge in [-0.15, -0.1) is 24.0 Å². The van der Waals surface area contributed by atoms with Crippen LogP contribution in [-0.2, 0) is 18.2 Å². The smallest absolute Gasteiger partial charge is 0.191 e. The molecule has 2 heterocycles. The third kappa shape index (κ3) is 3.57. The van der Waals surface area contributed by atoms with Gasteiger partial charge in [0.05, 0.1) is 11.8 Å². The van der Waals surface area contributed by atoms with Gasteiger partial charge in [-0.05, 0) is 52.0 Å². The van der Waals surface area contributed by atoms with Gasteiger partial charge in [0.15, 0.2) is 5.96 Å². The zero-order chi connectivity index (χ0) is 19.2. The third-order valence-corrected chi connectivity index (χ3v) is 7.35. The van der Waals surface area contributed by atoms with Crippen molar-refractivity contribution in [2.45, 2.75) is 77.5 Å². The molecule has 2 saturated carbocycles. The van der Waals surface area contributed by atoms with Crippen LogP contribution in [-0.4, -0.2) is 47.6 Å². The van der Waals surface area contributed by atoms with E-state index in [9.17, 15) is 0 Å². The normalized spacial score (nSPS) is 29.2. The van der Waals surface area contributed by atoms with E-state index >= 15 is 0 Å². The number of halogens is 1. The van der Waals surface area contributed by atoms with E-state index in [4.69, 9.17) is 4.74 Å². The molecule has 0 radical (unpaired) electrons. The van der Waals surface area contributed by atoms with E-state index in [0.717, 1.165) is 24.7 Å². The van der Waals surface area contributed by atoms with E-state index in [0.29, 0.717) is 29.5 Å². The molecule has 2 aliphatic carbocycles. The maximum atomic E-state index is 6.11. The van der Waals surface area contributed by atoms with Crippen molar-refractivity contribution >= 4 is 29.9 Å². The minimum atomic E-state index is 0. The molecule has 6 nitrogen and oxygen atoms in total. The van der Waals surface area contributed by atoms with Crippen molar-refractivity contribution in [1.29, 1.82) is 0 Å². The zero-order valence-electron chi connectivity index (χ0n) is 17.9. The predicted octanol–water partition coefficient (Wildman–Crippen LogP) is 3.10. The summed E-state index contributed by atoms with van der Waals surface area (Å²) in [6, 6.07) is 0.806. The van der Waals surface area contributed by atoms with Crippen molar-refractivity contribution in [3.8, 4) is 0 Å². The van der Waals surface area contributed by atoms with Crippen LogP contribution in [0.15, 0.2) is 4.99 Å². The van der Waals surface area contributed by atoms with Gasteiger partial charge < -0.3 is 15.4 Å². The molecule has 1 saturated heterocycles. The molecule has 0 amide bonds. The van der Waals surface area contributed by atoms with Crippen LogP contribution in [0.4, 0.5) is 0 Å². The number of rotatable bonds is 4. The third-order valence-electron chi connectivity index (χ3n) is 7.35. The number of ether oxygens (including phenoxy) is 1. The minimum Gasteiger partial charge on any atom is -0.377 e. The Morgan fingerprint density at radius 1 is 1.36 bits per heavy atom. The van der Waals surface area contributed by atoms with E-state index in [2.05, 4.69) is 41.5 Å². The van der Waals surface area contributed by atoms with Gasteiger partial charge in [-0.1, -0.05) is 12.8 Å². The summed E-state index contributed by atoms with van der Waals surface area (Å²) < 4.78 is 8.09. The Bertz CT molecular complexity index is 725. The van der Waals surface area contributed by atoms with E-state index in [1.807, 2.05) is 18.8 Å². The number of fused-ring (bicyclic) bond motifs is 2. The number of aliphatic imine (C=N–C) groups is 1. The topological polar surface area (TPSA) is 63.5 Å². The van der Waals surface area contributed by atoms with Crippen LogP contribution in [0.2, 0.25) is 0 Å². The summed E-state index contributed by atoms with van der Waals surface area (Å²) in [5.74, 6) is 1.59. The fourth-order valence-corrected chi connectivity index (χ4v) is 5.93. The van der Waals surface area contributed by atoms with E-state index < -0.39 is 0 Å². The van der Waals surface area contributed by atoms with Crippen LogP contribution in [0.25, 0.3) is 0 Å². The highest BCUT2D eigenvalue weighted by Gasteiger charge is 2.65. The van der Waals surface area contributed by atoms with Gasteiger partial charge in [0.2, 0.25) is 0 Å². The number of hydrogen-bond acceptors (Lipinski definition) is 3. The standard InChI is InChI=1S/C21H35N5O.HI/c1-13(12-17-14(2)25-26(5)15(17)3)23-20(22-4)24-18-16-8-11-27-19(16)21(18)9-6-7-10-21;/h13,16,18-19H,6-12H2,1-5H3,(H2,22,23,24);1H. The fraction of sp³-hybridized carbons (Fsp3) is 0.810. The van der Waals surface area contributed by atoms with E-state index in [1.54, 1.807) is 0 Å². The molecule has 4 rings (SSSR count). The molecule has 4 unspecified atom stereocenters. The second-order valence-electron chi connectivity index (χ2n) is 8.90. The van der Waals surface area contributed by atoms with Crippen LogP contribution in [0, 0.1) is 25.2 Å². The molecule has 1 aliphatic heterocycles. The van der Waals surface area contributed by atoms with Crippen molar-refractivity contribution in [3.05, 3.63) is 17.0 Å². The first-order valence-electron chi connectivity index (χ1n) is 10.6. The van der Waals surface area contributed by atoms with Crippen LogP contribution in [0.1, 0.15) is 56.0 Å². The zero-order valence-corrected chi connectivity index (χ0v) is 20.2. The Morgan fingerprint density at radius 3 is 2.68 bits per heavy atom. The lowest BCUT2D eigenvalue weighted by Crippen LogP contribution is -2.69. The van der Waals surface area contributed by atoms with Gasteiger partial charge in [-0.2, -0.15) is 5.10 Å². The van der Waals surface area contributed by atoms with Gasteiger partial charge >= 0.3 is 0 Å². The summed E-state index contributed by atoms with van der Waals surface area (Å²) >= 11 is 0. The molecule has 3 aliphatic rings. The Balaban J connectivity index is 0.00000225. The van der Waals surface area contributed by atoms with Crippen molar-refractivity contribution in [2.75, 3.05) is 13.7 Å². The quantitative estimate of drug-likeness (QED) is 0.378. The van der Waals surface area contributed by atoms with Crippen LogP contribution >= 0.6 is 24.0 Å². The highest BCUT2D eigenvalue weighted by Crippen LogP contribution is 2.60. The first-order valence-corrected chi connectivity index (χ1v) is 10.6. The molecule has 1 aromatic heterocycles. The molecular weight excluding hydrogens is 465 g/mol. The number of guanidine groups is 1. The summed E-state index contributed by atoms with van der Waals surface area (Å²) in [5, 5.41) is 12.0. The largest absolute Gasteiger partial charge is 0.377 e. The highest BCUT2D eigenvalue weighted by molar-refractivity contribution is 14.0. The summed E-state index contributed by atoms with van der Waals surface area (Å²) in [6.07, 6.45) is 7.90. The van der Waals surface area contributed by atoms with Crippen molar-refractivity contribution < 1.29 is 4.74 Å². The van der Waals surface area contributed by atoms with Crippen molar-refractivity contribution in [1.82, 2.24) is 20.4 Å². The Labute approximate surface area is 186 Å². The molecule has 1 aromatic rings. The molecule has 7 heteroatoms. The second-order valence-corrected chi connectivity index (χ2v) is 8.90. The molecule has 0 bridgehead atoms. The van der Waals surface area contributed by atoms with Crippen LogP contribution in [0.5, 0.6) is 0 Å². The molecular formula is C21H36IN5O. The first kappa shape index (κ1) is 21.9. The number of aromatic nitrogens is 2. The number of nitrogens with zero attached hydrogens (tertiary/aromatic N) is 3. The van der Waals surface area contributed by atoms with E-state index in [-0.39, 0.29) is 24.0 Å². The van der Waals surface area contributed by atoms with Crippen LogP contribution in [0.3, 0.4) is 0 Å². The molecule has 2 N–H and O–H groups in total. The van der Waals surface area contributed by atoms with Crippen LogP contribution < -0.4 is 10.6 Å². The maximum absolute atomic E-state index is 6.11. The van der Waals surface area contributed by atoms with Gasteiger partial charge in [0.1, 0.15) is 0 Å². The Hall–Kier alpha value is -0.830. The van der Waals surface area contributed by atoms with Gasteiger partial charge in [0, 0.05) is 49.8 Å². The maximum Gasteiger partial charge on any atom is 0.191 e. The second kappa shape index (κ2) is 8.50. The fourth-order valence-electron chi connectivity index (χ4n) is 5.93. The predicted molar refractivity (Wildman–Crippen MR) is 123 cm³/mol.